The number of hydrogen-bond donors (Lipinski definition) is 2. The van der Waals surface area contributed by atoms with E-state index < -0.39 is 0 Å². The van der Waals surface area contributed by atoms with Gasteiger partial charge >= 0.3 is 0 Å². The molecule has 0 aliphatic carbocycles. The Balaban J connectivity index is 2.76. The fraction of sp³-hybridized carbons (Fsp3) is 0. The first-order valence-electron chi connectivity index (χ1n) is 5.88. The third kappa shape index (κ3) is 1.44. The Bertz CT molecular complexity index is 945. The van der Waals surface area contributed by atoms with Crippen molar-refractivity contribution in [2.75, 3.05) is 11.5 Å². The highest BCUT2D eigenvalue weighted by Gasteiger charge is 2.17. The number of aromatic nitrogens is 1. The molecule has 3 rings (SSSR count). The quantitative estimate of drug-likeness (QED) is 0.643. The van der Waals surface area contributed by atoms with Crippen LogP contribution in [0.4, 0.5) is 11.5 Å². The molecule has 2 aromatic carbocycles. The summed E-state index contributed by atoms with van der Waals surface area (Å²) >= 11 is 0. The van der Waals surface area contributed by atoms with Crippen LogP contribution in [0.1, 0.15) is 11.1 Å². The maximum Gasteiger partial charge on any atom is 0.142 e. The summed E-state index contributed by atoms with van der Waals surface area (Å²) in [6.45, 7) is 0. The smallest absolute Gasteiger partial charge is 0.142 e. The van der Waals surface area contributed by atoms with Crippen LogP contribution in [0.3, 0.4) is 0 Å². The van der Waals surface area contributed by atoms with Crippen molar-refractivity contribution in [2.24, 2.45) is 0 Å². The molecule has 0 unspecified atom stereocenters. The van der Waals surface area contributed by atoms with Gasteiger partial charge in [-0.1, -0.05) is 18.2 Å². The third-order valence-corrected chi connectivity index (χ3v) is 3.25. The number of benzene rings is 1. The number of anilines is 2. The van der Waals surface area contributed by atoms with Gasteiger partial charge in [0.05, 0.1) is 11.1 Å². The van der Waals surface area contributed by atoms with Crippen LogP contribution >= 0.6 is 0 Å². The lowest BCUT2D eigenvalue weighted by molar-refractivity contribution is 1.43. The van der Waals surface area contributed by atoms with Gasteiger partial charge in [0.1, 0.15) is 23.5 Å². The minimum atomic E-state index is 0.123. The van der Waals surface area contributed by atoms with Crippen molar-refractivity contribution in [3.8, 4) is 12.1 Å². The maximum absolute atomic E-state index is 9.29. The molecule has 4 N–H and O–H groups in total. The van der Waals surface area contributed by atoms with Crippen molar-refractivity contribution >= 4 is 33.2 Å². The summed E-state index contributed by atoms with van der Waals surface area (Å²) in [5.41, 5.74) is 13.4. The molecule has 0 bridgehead atoms. The van der Waals surface area contributed by atoms with E-state index in [1.165, 1.54) is 0 Å². The SMILES string of the molecule is N#Cc1cc2ccccc(N)c2c2c(C#N)c(N)nc12. The normalized spacial score (nSPS) is 10.3. The molecule has 3 aromatic rings. The van der Waals surface area contributed by atoms with Gasteiger partial charge in [-0.2, -0.15) is 10.5 Å². The van der Waals surface area contributed by atoms with Crippen LogP contribution in [-0.4, -0.2) is 4.98 Å². The van der Waals surface area contributed by atoms with Crippen LogP contribution in [0.5, 0.6) is 0 Å². The van der Waals surface area contributed by atoms with E-state index in [4.69, 9.17) is 11.5 Å². The molecule has 5 nitrogen and oxygen atoms in total. The summed E-state index contributed by atoms with van der Waals surface area (Å²) in [7, 11) is 0. The Morgan fingerprint density at radius 1 is 1.00 bits per heavy atom. The topological polar surface area (TPSA) is 113 Å². The van der Waals surface area contributed by atoms with Gasteiger partial charge in [0, 0.05) is 16.5 Å². The highest BCUT2D eigenvalue weighted by Crippen LogP contribution is 2.35. The molecule has 0 spiro atoms. The Labute approximate surface area is 114 Å². The lowest BCUT2D eigenvalue weighted by atomic mass is 10.0. The van der Waals surface area contributed by atoms with E-state index in [0.717, 1.165) is 5.39 Å². The number of nitrogens with zero attached hydrogens (tertiary/aromatic N) is 3. The summed E-state index contributed by atoms with van der Waals surface area (Å²) in [5.74, 6) is 0.123. The Morgan fingerprint density at radius 3 is 2.45 bits per heavy atom. The molecule has 0 atom stereocenters. The van der Waals surface area contributed by atoms with Crippen molar-refractivity contribution in [2.45, 2.75) is 0 Å². The number of hydrogen-bond acceptors (Lipinski definition) is 5. The van der Waals surface area contributed by atoms with Crippen LogP contribution < -0.4 is 11.5 Å². The minimum absolute atomic E-state index is 0.123. The Hall–Kier alpha value is -3.31. The number of nitrogens with two attached hydrogens (primary N) is 2. The van der Waals surface area contributed by atoms with E-state index in [2.05, 4.69) is 11.1 Å². The van der Waals surface area contributed by atoms with E-state index in [1.807, 2.05) is 18.2 Å². The summed E-state index contributed by atoms with van der Waals surface area (Å²) in [6, 6.07) is 13.1. The van der Waals surface area contributed by atoms with Crippen LogP contribution in [0.15, 0.2) is 30.3 Å². The van der Waals surface area contributed by atoms with Gasteiger partial charge < -0.3 is 11.5 Å². The van der Waals surface area contributed by atoms with Crippen LogP contribution in [-0.2, 0) is 0 Å². The van der Waals surface area contributed by atoms with Gasteiger partial charge in [-0.05, 0) is 17.5 Å². The van der Waals surface area contributed by atoms with Crippen molar-refractivity contribution < 1.29 is 0 Å². The molecule has 0 saturated heterocycles. The zero-order chi connectivity index (χ0) is 14.3. The number of nitriles is 2. The molecule has 0 aliphatic heterocycles. The van der Waals surface area contributed by atoms with E-state index in [-0.39, 0.29) is 11.4 Å². The minimum Gasteiger partial charge on any atom is -0.398 e. The summed E-state index contributed by atoms with van der Waals surface area (Å²) in [5, 5.41) is 20.6. The van der Waals surface area contributed by atoms with Gasteiger partial charge in [-0.15, -0.1) is 0 Å². The van der Waals surface area contributed by atoms with Crippen molar-refractivity contribution in [1.29, 1.82) is 10.5 Å². The second kappa shape index (κ2) is 4.11. The van der Waals surface area contributed by atoms with Gasteiger partial charge in [-0.25, -0.2) is 4.98 Å². The molecular weight excluding hydrogens is 250 g/mol. The number of nitrogen functional groups attached to an aromatic ring is 2. The van der Waals surface area contributed by atoms with Crippen LogP contribution in [0.2, 0.25) is 0 Å². The highest BCUT2D eigenvalue weighted by atomic mass is 14.9. The average molecular weight is 259 g/mol. The van der Waals surface area contributed by atoms with Crippen molar-refractivity contribution in [1.82, 2.24) is 4.98 Å². The van der Waals surface area contributed by atoms with Crippen LogP contribution in [0.25, 0.3) is 21.7 Å². The van der Waals surface area contributed by atoms with Crippen molar-refractivity contribution in [3.63, 3.8) is 0 Å². The lowest BCUT2D eigenvalue weighted by Gasteiger charge is -2.01. The molecule has 0 saturated carbocycles. The fourth-order valence-corrected chi connectivity index (χ4v) is 2.40. The molecule has 0 amide bonds. The molecular formula is C15H9N5. The summed E-state index contributed by atoms with van der Waals surface area (Å²) in [4.78, 5) is 4.14. The fourth-order valence-electron chi connectivity index (χ4n) is 2.40. The standard InChI is InChI=1S/C15H9N5/c16-6-9-5-8-3-1-2-4-11(18)12(8)13-10(7-17)15(19)20-14(9)13/h1-5H,18H2,(H2,19,20). The van der Waals surface area contributed by atoms with E-state index in [9.17, 15) is 10.5 Å². The molecule has 0 aliphatic rings. The molecule has 20 heavy (non-hydrogen) atoms. The van der Waals surface area contributed by atoms with E-state index in [0.29, 0.717) is 27.5 Å². The molecule has 1 aromatic heterocycles. The van der Waals surface area contributed by atoms with Crippen LogP contribution in [0, 0.1) is 22.7 Å². The van der Waals surface area contributed by atoms with Gasteiger partial charge in [0.15, 0.2) is 0 Å². The zero-order valence-electron chi connectivity index (χ0n) is 10.4. The molecule has 5 heteroatoms. The third-order valence-electron chi connectivity index (χ3n) is 3.25. The highest BCUT2D eigenvalue weighted by molar-refractivity contribution is 6.17. The first-order chi connectivity index (χ1) is 9.67. The summed E-state index contributed by atoms with van der Waals surface area (Å²) < 4.78 is 0. The molecule has 1 heterocycles. The predicted molar refractivity (Wildman–Crippen MR) is 77.5 cm³/mol. The van der Waals surface area contributed by atoms with E-state index >= 15 is 0 Å². The number of fused-ring (bicyclic) bond motifs is 3. The van der Waals surface area contributed by atoms with E-state index in [1.54, 1.807) is 18.2 Å². The first kappa shape index (κ1) is 11.8. The Morgan fingerprint density at radius 2 is 1.75 bits per heavy atom. The summed E-state index contributed by atoms with van der Waals surface area (Å²) in [6.07, 6.45) is 0. The predicted octanol–water partition coefficient (Wildman–Crippen LogP) is 2.30. The molecule has 0 radical (unpaired) electrons. The molecule has 94 valence electrons. The number of rotatable bonds is 0. The van der Waals surface area contributed by atoms with Crippen molar-refractivity contribution in [3.05, 3.63) is 41.5 Å². The Kier molecular flexibility index (Phi) is 2.42. The molecule has 0 fully saturated rings. The lowest BCUT2D eigenvalue weighted by Crippen LogP contribution is -1.88. The van der Waals surface area contributed by atoms with Gasteiger partial charge in [0.25, 0.3) is 0 Å². The average Bonchev–Trinajstić information content (AvgIpc) is 2.66. The largest absolute Gasteiger partial charge is 0.398 e. The first-order valence-corrected chi connectivity index (χ1v) is 5.88. The monoisotopic (exact) mass is 259 g/mol. The second-order valence-electron chi connectivity index (χ2n) is 4.38. The zero-order valence-corrected chi connectivity index (χ0v) is 10.4. The van der Waals surface area contributed by atoms with Gasteiger partial charge in [0.2, 0.25) is 0 Å². The maximum atomic E-state index is 9.29. The second-order valence-corrected chi connectivity index (χ2v) is 4.38. The van der Waals surface area contributed by atoms with Gasteiger partial charge in [-0.3, -0.25) is 0 Å².